The van der Waals surface area contributed by atoms with Crippen molar-refractivity contribution in [2.24, 2.45) is 0 Å². The number of thiazole rings is 1. The lowest BCUT2D eigenvalue weighted by Gasteiger charge is -1.99. The lowest BCUT2D eigenvalue weighted by molar-refractivity contribution is 0.871. The van der Waals surface area contributed by atoms with E-state index in [0.29, 0.717) is 5.82 Å². The molecule has 3 aromatic rings. The molecular weight excluding hydrogens is 234 g/mol. The summed E-state index contributed by atoms with van der Waals surface area (Å²) >= 11 is 7.22. The van der Waals surface area contributed by atoms with Crippen LogP contribution in [0, 0.1) is 0 Å². The van der Waals surface area contributed by atoms with E-state index in [2.05, 4.69) is 20.1 Å². The number of halogens is 1. The summed E-state index contributed by atoms with van der Waals surface area (Å²) in [4.78, 5) is 13.0. The predicted octanol–water partition coefficient (Wildman–Crippen LogP) is 1.93. The van der Waals surface area contributed by atoms with Gasteiger partial charge in [0.2, 0.25) is 5.28 Å². The molecule has 3 rings (SSSR count). The first-order valence-corrected chi connectivity index (χ1v) is 5.36. The van der Waals surface area contributed by atoms with E-state index in [9.17, 15) is 0 Å². The fourth-order valence-corrected chi connectivity index (χ4v) is 2.14. The standard InChI is InChI=1S/C8H4ClN5S/c9-8-10-2-1-6(13-8)14-7-5(3-12-14)11-4-15-7/h1-4H. The van der Waals surface area contributed by atoms with Crippen LogP contribution in [0.4, 0.5) is 0 Å². The summed E-state index contributed by atoms with van der Waals surface area (Å²) in [6.07, 6.45) is 3.29. The molecule has 0 spiro atoms. The van der Waals surface area contributed by atoms with Crippen molar-refractivity contribution in [3.63, 3.8) is 0 Å². The second-order valence-electron chi connectivity index (χ2n) is 2.78. The van der Waals surface area contributed by atoms with E-state index in [1.807, 2.05) is 0 Å². The van der Waals surface area contributed by atoms with Gasteiger partial charge < -0.3 is 0 Å². The Morgan fingerprint density at radius 1 is 1.33 bits per heavy atom. The topological polar surface area (TPSA) is 56.5 Å². The first kappa shape index (κ1) is 8.75. The normalized spacial score (nSPS) is 11.0. The number of fused-ring (bicyclic) bond motifs is 1. The molecule has 0 saturated carbocycles. The zero-order valence-corrected chi connectivity index (χ0v) is 8.90. The van der Waals surface area contributed by atoms with Crippen molar-refractivity contribution < 1.29 is 0 Å². The van der Waals surface area contributed by atoms with Gasteiger partial charge in [0.1, 0.15) is 10.3 Å². The minimum absolute atomic E-state index is 0.209. The SMILES string of the molecule is Clc1nccc(-n2ncc3ncsc32)n1. The van der Waals surface area contributed by atoms with Gasteiger partial charge in [-0.15, -0.1) is 11.3 Å². The fraction of sp³-hybridized carbons (Fsp3) is 0. The van der Waals surface area contributed by atoms with Crippen LogP contribution >= 0.6 is 22.9 Å². The molecule has 0 bridgehead atoms. The van der Waals surface area contributed by atoms with Crippen molar-refractivity contribution in [3.05, 3.63) is 29.3 Å². The van der Waals surface area contributed by atoms with Gasteiger partial charge in [0.05, 0.1) is 11.7 Å². The third-order valence-corrected chi connectivity index (χ3v) is 2.89. The van der Waals surface area contributed by atoms with Crippen LogP contribution < -0.4 is 0 Å². The lowest BCUT2D eigenvalue weighted by atomic mass is 10.6. The van der Waals surface area contributed by atoms with Crippen molar-refractivity contribution in [1.29, 1.82) is 0 Å². The van der Waals surface area contributed by atoms with E-state index in [-0.39, 0.29) is 5.28 Å². The van der Waals surface area contributed by atoms with Gasteiger partial charge in [-0.2, -0.15) is 10.1 Å². The molecule has 0 aromatic carbocycles. The summed E-state index contributed by atoms with van der Waals surface area (Å²) in [7, 11) is 0. The number of nitrogens with zero attached hydrogens (tertiary/aromatic N) is 5. The van der Waals surface area contributed by atoms with Crippen LogP contribution in [-0.2, 0) is 0 Å². The highest BCUT2D eigenvalue weighted by Gasteiger charge is 2.08. The van der Waals surface area contributed by atoms with E-state index >= 15 is 0 Å². The molecule has 15 heavy (non-hydrogen) atoms. The second kappa shape index (κ2) is 3.25. The van der Waals surface area contributed by atoms with E-state index in [0.717, 1.165) is 10.3 Å². The van der Waals surface area contributed by atoms with E-state index in [1.165, 1.54) is 11.3 Å². The molecule has 0 unspecified atom stereocenters. The van der Waals surface area contributed by atoms with Crippen molar-refractivity contribution in [2.45, 2.75) is 0 Å². The van der Waals surface area contributed by atoms with Crippen LogP contribution in [0.3, 0.4) is 0 Å². The molecular formula is C8H4ClN5S. The van der Waals surface area contributed by atoms with Crippen LogP contribution in [-0.4, -0.2) is 24.7 Å². The minimum atomic E-state index is 0.209. The molecule has 0 aliphatic heterocycles. The Balaban J connectivity index is 2.26. The molecule has 3 aromatic heterocycles. The summed E-state index contributed by atoms with van der Waals surface area (Å²) in [6.45, 7) is 0. The molecule has 74 valence electrons. The number of hydrogen-bond acceptors (Lipinski definition) is 5. The molecule has 5 nitrogen and oxygen atoms in total. The van der Waals surface area contributed by atoms with Gasteiger partial charge in [-0.25, -0.2) is 14.6 Å². The molecule has 0 N–H and O–H groups in total. The highest BCUT2D eigenvalue weighted by Crippen LogP contribution is 2.20. The van der Waals surface area contributed by atoms with Gasteiger partial charge in [-0.05, 0) is 11.6 Å². The van der Waals surface area contributed by atoms with Gasteiger partial charge in [-0.1, -0.05) is 0 Å². The van der Waals surface area contributed by atoms with Crippen LogP contribution in [0.25, 0.3) is 16.2 Å². The summed E-state index contributed by atoms with van der Waals surface area (Å²) in [5, 5.41) is 4.39. The maximum atomic E-state index is 5.71. The molecule has 0 aliphatic rings. The molecule has 0 aliphatic carbocycles. The Morgan fingerprint density at radius 2 is 2.27 bits per heavy atom. The zero-order chi connectivity index (χ0) is 10.3. The smallest absolute Gasteiger partial charge is 0.224 e. The molecule has 0 atom stereocenters. The van der Waals surface area contributed by atoms with Gasteiger partial charge in [-0.3, -0.25) is 0 Å². The molecule has 0 saturated heterocycles. The largest absolute Gasteiger partial charge is 0.241 e. The average molecular weight is 238 g/mol. The monoisotopic (exact) mass is 237 g/mol. The van der Waals surface area contributed by atoms with Gasteiger partial charge >= 0.3 is 0 Å². The van der Waals surface area contributed by atoms with Crippen molar-refractivity contribution in [2.75, 3.05) is 0 Å². The minimum Gasteiger partial charge on any atom is -0.241 e. The zero-order valence-electron chi connectivity index (χ0n) is 7.33. The Bertz CT molecular complexity index is 616. The van der Waals surface area contributed by atoms with Crippen LogP contribution in [0.15, 0.2) is 24.0 Å². The predicted molar refractivity (Wildman–Crippen MR) is 57.3 cm³/mol. The van der Waals surface area contributed by atoms with Crippen LogP contribution in [0.2, 0.25) is 5.28 Å². The highest BCUT2D eigenvalue weighted by molar-refractivity contribution is 7.16. The Hall–Kier alpha value is -1.53. The summed E-state index contributed by atoms with van der Waals surface area (Å²) in [5.74, 6) is 0.647. The second-order valence-corrected chi connectivity index (χ2v) is 3.95. The molecule has 7 heteroatoms. The van der Waals surface area contributed by atoms with Crippen molar-refractivity contribution in [1.82, 2.24) is 24.7 Å². The quantitative estimate of drug-likeness (QED) is 0.607. The molecule has 0 amide bonds. The molecule has 0 radical (unpaired) electrons. The summed E-state index contributed by atoms with van der Waals surface area (Å²) in [5.41, 5.74) is 2.63. The average Bonchev–Trinajstić information content (AvgIpc) is 2.77. The van der Waals surface area contributed by atoms with Crippen LogP contribution in [0.5, 0.6) is 0 Å². The number of aromatic nitrogens is 5. The Labute approximate surface area is 93.4 Å². The fourth-order valence-electron chi connectivity index (χ4n) is 1.27. The van der Waals surface area contributed by atoms with E-state index < -0.39 is 0 Å². The number of rotatable bonds is 1. The first-order valence-electron chi connectivity index (χ1n) is 4.11. The highest BCUT2D eigenvalue weighted by atomic mass is 35.5. The third-order valence-electron chi connectivity index (χ3n) is 1.89. The van der Waals surface area contributed by atoms with Gasteiger partial charge in [0.15, 0.2) is 5.82 Å². The maximum absolute atomic E-state index is 5.71. The van der Waals surface area contributed by atoms with E-state index in [1.54, 1.807) is 28.7 Å². The maximum Gasteiger partial charge on any atom is 0.224 e. The molecule has 3 heterocycles. The van der Waals surface area contributed by atoms with Crippen molar-refractivity contribution in [3.8, 4) is 5.82 Å². The lowest BCUT2D eigenvalue weighted by Crippen LogP contribution is -1.98. The first-order chi connectivity index (χ1) is 7.34. The van der Waals surface area contributed by atoms with E-state index in [4.69, 9.17) is 11.6 Å². The molecule has 0 fully saturated rings. The van der Waals surface area contributed by atoms with Crippen molar-refractivity contribution >= 4 is 33.3 Å². The number of hydrogen-bond donors (Lipinski definition) is 0. The van der Waals surface area contributed by atoms with Crippen LogP contribution in [0.1, 0.15) is 0 Å². The Kier molecular flexibility index (Phi) is 1.90. The Morgan fingerprint density at radius 3 is 3.13 bits per heavy atom. The van der Waals surface area contributed by atoms with Gasteiger partial charge in [0.25, 0.3) is 0 Å². The summed E-state index contributed by atoms with van der Waals surface area (Å²) < 4.78 is 1.70. The third kappa shape index (κ3) is 1.38. The van der Waals surface area contributed by atoms with Gasteiger partial charge in [0, 0.05) is 12.3 Å². The summed E-state index contributed by atoms with van der Waals surface area (Å²) in [6, 6.07) is 1.75.